The van der Waals surface area contributed by atoms with Crippen LogP contribution in [0.5, 0.6) is 0 Å². The van der Waals surface area contributed by atoms with Crippen LogP contribution < -0.4 is 10.2 Å². The molecule has 1 saturated heterocycles. The fourth-order valence-corrected chi connectivity index (χ4v) is 3.54. The van der Waals surface area contributed by atoms with Gasteiger partial charge >= 0.3 is 5.97 Å². The molecular formula is C17H20N2O4. The van der Waals surface area contributed by atoms with Crippen LogP contribution in [0.3, 0.4) is 0 Å². The van der Waals surface area contributed by atoms with Crippen LogP contribution in [0.25, 0.3) is 0 Å². The van der Waals surface area contributed by atoms with E-state index >= 15 is 0 Å². The fourth-order valence-electron chi connectivity index (χ4n) is 3.54. The predicted octanol–water partition coefficient (Wildman–Crippen LogP) is 1.26. The first kappa shape index (κ1) is 15.5. The summed E-state index contributed by atoms with van der Waals surface area (Å²) in [5, 5.41) is 12.0. The third-order valence-electron chi connectivity index (χ3n) is 4.92. The molecule has 0 bridgehead atoms. The van der Waals surface area contributed by atoms with Crippen LogP contribution >= 0.6 is 0 Å². The van der Waals surface area contributed by atoms with E-state index in [9.17, 15) is 14.4 Å². The summed E-state index contributed by atoms with van der Waals surface area (Å²) in [7, 11) is 0. The molecule has 1 unspecified atom stereocenters. The molecule has 0 spiro atoms. The van der Waals surface area contributed by atoms with Crippen LogP contribution in [0.15, 0.2) is 30.3 Å². The molecule has 3 rings (SSSR count). The Kier molecular flexibility index (Phi) is 3.62. The van der Waals surface area contributed by atoms with Crippen LogP contribution in [0.4, 0.5) is 5.69 Å². The van der Waals surface area contributed by atoms with Crippen LogP contribution in [0, 0.1) is 17.3 Å². The molecule has 1 aliphatic carbocycles. The zero-order valence-electron chi connectivity index (χ0n) is 13.2. The van der Waals surface area contributed by atoms with Gasteiger partial charge < -0.3 is 15.3 Å². The largest absolute Gasteiger partial charge is 0.481 e. The lowest BCUT2D eigenvalue weighted by Gasteiger charge is -2.17. The van der Waals surface area contributed by atoms with E-state index in [2.05, 4.69) is 5.32 Å². The zero-order valence-corrected chi connectivity index (χ0v) is 13.2. The number of hydrogen-bond acceptors (Lipinski definition) is 3. The molecule has 1 saturated carbocycles. The molecule has 0 radical (unpaired) electrons. The van der Waals surface area contributed by atoms with E-state index in [1.807, 2.05) is 30.3 Å². The highest BCUT2D eigenvalue weighted by Gasteiger charge is 2.66. The topological polar surface area (TPSA) is 86.7 Å². The van der Waals surface area contributed by atoms with Gasteiger partial charge in [-0.2, -0.15) is 0 Å². The smallest absolute Gasteiger partial charge is 0.307 e. The predicted molar refractivity (Wildman–Crippen MR) is 83.7 cm³/mol. The third-order valence-corrected chi connectivity index (χ3v) is 4.92. The van der Waals surface area contributed by atoms with Gasteiger partial charge in [0.1, 0.15) is 0 Å². The summed E-state index contributed by atoms with van der Waals surface area (Å²) in [6.45, 7) is 3.98. The normalized spacial score (nSPS) is 28.5. The maximum absolute atomic E-state index is 12.3. The molecule has 2 amide bonds. The number of anilines is 1. The van der Waals surface area contributed by atoms with Gasteiger partial charge in [-0.3, -0.25) is 14.4 Å². The number of hydrogen-bond donors (Lipinski definition) is 2. The standard InChI is InChI=1S/C17H20N2O4/c1-17(2)13(14(17)16(22)23)15(21)18-10-8-12(20)19(9-10)11-6-4-3-5-7-11/h3-7,10,13-14H,8-9H2,1-2H3,(H,18,21)(H,22,23)/t10?,13-,14+/m1/s1. The lowest BCUT2D eigenvalue weighted by atomic mass is 10.1. The first-order valence-electron chi connectivity index (χ1n) is 7.71. The number of carboxylic acid groups (broad SMARTS) is 1. The summed E-state index contributed by atoms with van der Waals surface area (Å²) in [6.07, 6.45) is 0.242. The van der Waals surface area contributed by atoms with Gasteiger partial charge in [0.25, 0.3) is 0 Å². The Morgan fingerprint density at radius 2 is 1.87 bits per heavy atom. The molecule has 3 atom stereocenters. The molecule has 6 heteroatoms. The number of carbonyl (C=O) groups is 3. The lowest BCUT2D eigenvalue weighted by Crippen LogP contribution is -2.39. The highest BCUT2D eigenvalue weighted by molar-refractivity contribution is 5.97. The first-order chi connectivity index (χ1) is 10.8. The summed E-state index contributed by atoms with van der Waals surface area (Å²) in [6, 6.07) is 9.03. The third kappa shape index (κ3) is 2.69. The van der Waals surface area contributed by atoms with Crippen molar-refractivity contribution in [3.05, 3.63) is 30.3 Å². The van der Waals surface area contributed by atoms with Crippen LogP contribution in [-0.2, 0) is 14.4 Å². The molecule has 2 fully saturated rings. The van der Waals surface area contributed by atoms with E-state index in [4.69, 9.17) is 5.11 Å². The minimum absolute atomic E-state index is 0.0358. The first-order valence-corrected chi connectivity index (χ1v) is 7.71. The van der Waals surface area contributed by atoms with Crippen molar-refractivity contribution in [1.29, 1.82) is 0 Å². The van der Waals surface area contributed by atoms with Gasteiger partial charge in [-0.25, -0.2) is 0 Å². The second kappa shape index (κ2) is 5.37. The summed E-state index contributed by atoms with van der Waals surface area (Å²) < 4.78 is 0. The van der Waals surface area contributed by atoms with Crippen LogP contribution in [0.2, 0.25) is 0 Å². The van der Waals surface area contributed by atoms with Crippen molar-refractivity contribution in [1.82, 2.24) is 5.32 Å². The summed E-state index contributed by atoms with van der Waals surface area (Å²) in [4.78, 5) is 37.3. The summed E-state index contributed by atoms with van der Waals surface area (Å²) in [5.41, 5.74) is 0.280. The van der Waals surface area contributed by atoms with Gasteiger partial charge in [0.15, 0.2) is 0 Å². The Labute approximate surface area is 134 Å². The Balaban J connectivity index is 1.63. The molecule has 1 aromatic rings. The van der Waals surface area contributed by atoms with Crippen molar-refractivity contribution in [3.63, 3.8) is 0 Å². The molecule has 1 heterocycles. The minimum Gasteiger partial charge on any atom is -0.481 e. The van der Waals surface area contributed by atoms with E-state index in [-0.39, 0.29) is 24.3 Å². The molecule has 2 aliphatic rings. The van der Waals surface area contributed by atoms with Gasteiger partial charge in [-0.1, -0.05) is 32.0 Å². The lowest BCUT2D eigenvalue weighted by molar-refractivity contribution is -0.140. The van der Waals surface area contributed by atoms with Crippen LogP contribution in [-0.4, -0.2) is 35.5 Å². The average Bonchev–Trinajstić information content (AvgIpc) is 2.89. The van der Waals surface area contributed by atoms with E-state index in [0.717, 1.165) is 5.69 Å². The second-order valence-electron chi connectivity index (χ2n) is 6.86. The molecule has 122 valence electrons. The van der Waals surface area contributed by atoms with Gasteiger partial charge in [0.05, 0.1) is 17.9 Å². The molecule has 0 aromatic heterocycles. The zero-order chi connectivity index (χ0) is 16.8. The molecule has 1 aliphatic heterocycles. The van der Waals surface area contributed by atoms with Crippen molar-refractivity contribution in [2.45, 2.75) is 26.3 Å². The van der Waals surface area contributed by atoms with Gasteiger partial charge in [0.2, 0.25) is 11.8 Å². The summed E-state index contributed by atoms with van der Waals surface area (Å²) in [5.74, 6) is -2.42. The van der Waals surface area contributed by atoms with Gasteiger partial charge in [-0.15, -0.1) is 0 Å². The monoisotopic (exact) mass is 316 g/mol. The second-order valence-corrected chi connectivity index (χ2v) is 6.86. The maximum Gasteiger partial charge on any atom is 0.307 e. The molecule has 6 nitrogen and oxygen atoms in total. The maximum atomic E-state index is 12.3. The average molecular weight is 316 g/mol. The van der Waals surface area contributed by atoms with Crippen molar-refractivity contribution in [2.24, 2.45) is 17.3 Å². The van der Waals surface area contributed by atoms with Crippen molar-refractivity contribution in [3.8, 4) is 0 Å². The Morgan fingerprint density at radius 3 is 2.43 bits per heavy atom. The fraction of sp³-hybridized carbons (Fsp3) is 0.471. The number of benzene rings is 1. The number of nitrogens with zero attached hydrogens (tertiary/aromatic N) is 1. The van der Waals surface area contributed by atoms with E-state index < -0.39 is 23.2 Å². The highest BCUT2D eigenvalue weighted by atomic mass is 16.4. The van der Waals surface area contributed by atoms with Gasteiger partial charge in [0, 0.05) is 18.7 Å². The van der Waals surface area contributed by atoms with Crippen molar-refractivity contribution >= 4 is 23.5 Å². The number of para-hydroxylation sites is 1. The number of rotatable bonds is 4. The van der Waals surface area contributed by atoms with Crippen molar-refractivity contribution in [2.75, 3.05) is 11.4 Å². The Bertz CT molecular complexity index is 656. The van der Waals surface area contributed by atoms with E-state index in [1.165, 1.54) is 0 Å². The quantitative estimate of drug-likeness (QED) is 0.875. The van der Waals surface area contributed by atoms with E-state index in [1.54, 1.807) is 18.7 Å². The van der Waals surface area contributed by atoms with E-state index in [0.29, 0.717) is 6.54 Å². The highest BCUT2D eigenvalue weighted by Crippen LogP contribution is 2.58. The van der Waals surface area contributed by atoms with Crippen LogP contribution in [0.1, 0.15) is 20.3 Å². The van der Waals surface area contributed by atoms with Gasteiger partial charge in [-0.05, 0) is 17.5 Å². The SMILES string of the molecule is CC1(C)[C@H](C(=O)O)[C@@H]1C(=O)NC1CC(=O)N(c2ccccc2)C1. The summed E-state index contributed by atoms with van der Waals surface area (Å²) >= 11 is 0. The molecular weight excluding hydrogens is 296 g/mol. The number of amides is 2. The molecule has 23 heavy (non-hydrogen) atoms. The Hall–Kier alpha value is -2.37. The number of carboxylic acids is 1. The number of nitrogens with one attached hydrogen (secondary N) is 1. The molecule has 2 N–H and O–H groups in total. The van der Waals surface area contributed by atoms with Crippen molar-refractivity contribution < 1.29 is 19.5 Å². The number of carbonyl (C=O) groups excluding carboxylic acids is 2. The Morgan fingerprint density at radius 1 is 1.22 bits per heavy atom. The number of aliphatic carboxylic acids is 1. The molecule has 1 aromatic carbocycles. The minimum atomic E-state index is -0.941.